The van der Waals surface area contributed by atoms with Crippen LogP contribution in [0.25, 0.3) is 0 Å². The van der Waals surface area contributed by atoms with Crippen LogP contribution in [0.15, 0.2) is 29.0 Å². The van der Waals surface area contributed by atoms with Crippen molar-refractivity contribution in [3.05, 3.63) is 24.0 Å². The molecule has 3 atom stereocenters. The molecule has 4 heteroatoms. The van der Waals surface area contributed by atoms with Crippen molar-refractivity contribution in [3.63, 3.8) is 0 Å². The van der Waals surface area contributed by atoms with Gasteiger partial charge in [-0.15, -0.1) is 0 Å². The Labute approximate surface area is 106 Å². The van der Waals surface area contributed by atoms with E-state index in [-0.39, 0.29) is 35.3 Å². The summed E-state index contributed by atoms with van der Waals surface area (Å²) in [5, 5.41) is 9.58. The van der Waals surface area contributed by atoms with Crippen molar-refractivity contribution in [1.29, 1.82) is 0 Å². The SMILES string of the molecule is OC1CCC2N=C3C=CCC=C3OC2C1.[Mn]. The second-order valence-corrected chi connectivity index (χ2v) is 4.41. The van der Waals surface area contributed by atoms with Crippen LogP contribution in [-0.2, 0) is 21.8 Å². The molecule has 1 heterocycles. The molecule has 1 aliphatic heterocycles. The molecular formula is C12H15MnNO2. The molecule has 3 aliphatic rings. The van der Waals surface area contributed by atoms with Gasteiger partial charge in [-0.2, -0.15) is 0 Å². The molecule has 3 nitrogen and oxygen atoms in total. The third kappa shape index (κ3) is 2.10. The summed E-state index contributed by atoms with van der Waals surface area (Å²) in [6.07, 6.45) is 9.53. The second kappa shape index (κ2) is 4.74. The van der Waals surface area contributed by atoms with E-state index in [1.807, 2.05) is 6.08 Å². The Kier molecular flexibility index (Phi) is 3.53. The summed E-state index contributed by atoms with van der Waals surface area (Å²) >= 11 is 0. The monoisotopic (exact) mass is 260 g/mol. The number of aliphatic hydroxyl groups excluding tert-OH is 1. The molecule has 87 valence electrons. The summed E-state index contributed by atoms with van der Waals surface area (Å²) in [6, 6.07) is 0.253. The Morgan fingerprint density at radius 3 is 3.12 bits per heavy atom. The van der Waals surface area contributed by atoms with E-state index in [0.29, 0.717) is 0 Å². The molecule has 0 amide bonds. The van der Waals surface area contributed by atoms with Crippen molar-refractivity contribution in [2.45, 2.75) is 43.9 Å². The van der Waals surface area contributed by atoms with Gasteiger partial charge in [0.25, 0.3) is 0 Å². The number of rotatable bonds is 0. The molecule has 1 saturated carbocycles. The van der Waals surface area contributed by atoms with Gasteiger partial charge in [-0.05, 0) is 31.4 Å². The van der Waals surface area contributed by atoms with Crippen molar-refractivity contribution >= 4 is 5.71 Å². The van der Waals surface area contributed by atoms with Gasteiger partial charge in [0.15, 0.2) is 0 Å². The predicted octanol–water partition coefficient (Wildman–Crippen LogP) is 1.58. The average molecular weight is 260 g/mol. The Balaban J connectivity index is 0.000000963. The molecule has 0 aromatic carbocycles. The van der Waals surface area contributed by atoms with Crippen LogP contribution in [0.3, 0.4) is 0 Å². The topological polar surface area (TPSA) is 41.8 Å². The Bertz CT molecular complexity index is 362. The zero-order valence-electron chi connectivity index (χ0n) is 8.97. The van der Waals surface area contributed by atoms with E-state index in [2.05, 4.69) is 17.1 Å². The molecule has 0 saturated heterocycles. The van der Waals surface area contributed by atoms with E-state index in [0.717, 1.165) is 37.2 Å². The number of fused-ring (bicyclic) bond motifs is 2. The first-order valence-electron chi connectivity index (χ1n) is 5.62. The number of ether oxygens (including phenoxy) is 1. The molecule has 16 heavy (non-hydrogen) atoms. The van der Waals surface area contributed by atoms with Crippen LogP contribution in [-0.4, -0.2) is 29.1 Å². The van der Waals surface area contributed by atoms with Gasteiger partial charge >= 0.3 is 0 Å². The van der Waals surface area contributed by atoms with Crippen molar-refractivity contribution < 1.29 is 26.9 Å². The number of aliphatic hydroxyl groups is 1. The molecule has 0 bridgehead atoms. The summed E-state index contributed by atoms with van der Waals surface area (Å²) in [6.45, 7) is 0. The normalized spacial score (nSPS) is 35.9. The fraction of sp³-hybridized carbons (Fsp3) is 0.583. The third-order valence-electron chi connectivity index (χ3n) is 3.28. The number of aliphatic imine (C=N–C) groups is 1. The van der Waals surface area contributed by atoms with Crippen molar-refractivity contribution in [2.24, 2.45) is 4.99 Å². The minimum Gasteiger partial charge on any atom is -0.486 e. The molecule has 1 fully saturated rings. The Morgan fingerprint density at radius 1 is 1.38 bits per heavy atom. The van der Waals surface area contributed by atoms with E-state index in [1.165, 1.54) is 0 Å². The predicted molar refractivity (Wildman–Crippen MR) is 57.8 cm³/mol. The summed E-state index contributed by atoms with van der Waals surface area (Å²) in [5.41, 5.74) is 0.985. The van der Waals surface area contributed by atoms with E-state index >= 15 is 0 Å². The van der Waals surface area contributed by atoms with Crippen molar-refractivity contribution in [1.82, 2.24) is 0 Å². The molecule has 1 radical (unpaired) electrons. The summed E-state index contributed by atoms with van der Waals surface area (Å²) in [4.78, 5) is 4.69. The van der Waals surface area contributed by atoms with Gasteiger partial charge in [0.1, 0.15) is 11.9 Å². The fourth-order valence-corrected chi connectivity index (χ4v) is 2.46. The van der Waals surface area contributed by atoms with Crippen LogP contribution in [0.4, 0.5) is 0 Å². The zero-order valence-corrected chi connectivity index (χ0v) is 10.2. The smallest absolute Gasteiger partial charge is 0.141 e. The fourth-order valence-electron chi connectivity index (χ4n) is 2.46. The van der Waals surface area contributed by atoms with Crippen LogP contribution in [0, 0.1) is 0 Å². The van der Waals surface area contributed by atoms with E-state index in [4.69, 9.17) is 4.74 Å². The summed E-state index contributed by atoms with van der Waals surface area (Å²) < 4.78 is 5.88. The minimum atomic E-state index is -0.206. The van der Waals surface area contributed by atoms with E-state index in [1.54, 1.807) is 0 Å². The second-order valence-electron chi connectivity index (χ2n) is 4.41. The molecule has 0 aromatic heterocycles. The Hall–Kier alpha value is -0.571. The standard InChI is InChI=1S/C12H15NO2.Mn/c14-8-5-6-10-12(7-8)15-11-4-2-1-3-9(11)13-10;/h1,3-4,8,10,12,14H,2,5-7H2;. The molecular weight excluding hydrogens is 245 g/mol. The third-order valence-corrected chi connectivity index (χ3v) is 3.28. The molecule has 3 unspecified atom stereocenters. The molecule has 0 aromatic rings. The van der Waals surface area contributed by atoms with Crippen LogP contribution < -0.4 is 0 Å². The minimum absolute atomic E-state index is 0. The van der Waals surface area contributed by atoms with Gasteiger partial charge in [0, 0.05) is 23.5 Å². The van der Waals surface area contributed by atoms with E-state index < -0.39 is 0 Å². The first-order valence-corrected chi connectivity index (χ1v) is 5.62. The van der Waals surface area contributed by atoms with Crippen molar-refractivity contribution in [3.8, 4) is 0 Å². The summed E-state index contributed by atoms with van der Waals surface area (Å²) in [7, 11) is 0. The zero-order chi connectivity index (χ0) is 10.3. The van der Waals surface area contributed by atoms with Gasteiger partial charge in [0.2, 0.25) is 0 Å². The first kappa shape index (κ1) is 11.9. The maximum atomic E-state index is 9.58. The number of hydrogen-bond acceptors (Lipinski definition) is 3. The maximum Gasteiger partial charge on any atom is 0.141 e. The van der Waals surface area contributed by atoms with Gasteiger partial charge in [0.05, 0.1) is 17.9 Å². The molecule has 0 spiro atoms. The summed E-state index contributed by atoms with van der Waals surface area (Å²) in [5.74, 6) is 0.910. The van der Waals surface area contributed by atoms with Gasteiger partial charge in [-0.3, -0.25) is 4.99 Å². The van der Waals surface area contributed by atoms with Crippen LogP contribution in [0.5, 0.6) is 0 Å². The molecule has 3 rings (SSSR count). The first-order chi connectivity index (χ1) is 7.33. The largest absolute Gasteiger partial charge is 0.486 e. The Morgan fingerprint density at radius 2 is 2.25 bits per heavy atom. The van der Waals surface area contributed by atoms with Crippen LogP contribution in [0.1, 0.15) is 25.7 Å². The number of hydrogen-bond donors (Lipinski definition) is 1. The molecule has 1 N–H and O–H groups in total. The van der Waals surface area contributed by atoms with Crippen LogP contribution in [0.2, 0.25) is 0 Å². The molecule has 2 aliphatic carbocycles. The van der Waals surface area contributed by atoms with Crippen LogP contribution >= 0.6 is 0 Å². The van der Waals surface area contributed by atoms with Gasteiger partial charge in [-0.25, -0.2) is 0 Å². The van der Waals surface area contributed by atoms with Gasteiger partial charge < -0.3 is 9.84 Å². The number of nitrogens with zero attached hydrogens (tertiary/aromatic N) is 1. The average Bonchev–Trinajstić information content (AvgIpc) is 2.26. The van der Waals surface area contributed by atoms with Crippen molar-refractivity contribution in [2.75, 3.05) is 0 Å². The van der Waals surface area contributed by atoms with E-state index in [9.17, 15) is 5.11 Å². The quantitative estimate of drug-likeness (QED) is 0.672. The van der Waals surface area contributed by atoms with Gasteiger partial charge in [-0.1, -0.05) is 6.08 Å². The maximum absolute atomic E-state index is 9.58. The number of allylic oxidation sites excluding steroid dienone is 3.